The standard InChI is InChI=1S/C24H30ClN7/c1-32-21(11-16-4-5-16)19(14-30-32)22-20(25)15-29-23(31-22)24(26)8-6-18(7-9-24)28-13-17-3-2-10-27-12-17/h2-3,10,12,14-16,18,28H,4-9,11,13,26H2,1H3. The molecule has 2 fully saturated rings. The van der Waals surface area contributed by atoms with E-state index < -0.39 is 5.54 Å². The van der Waals surface area contributed by atoms with Crippen molar-refractivity contribution in [2.24, 2.45) is 18.7 Å². The summed E-state index contributed by atoms with van der Waals surface area (Å²) in [5.41, 5.74) is 10.5. The van der Waals surface area contributed by atoms with Gasteiger partial charge in [-0.05, 0) is 62.5 Å². The van der Waals surface area contributed by atoms with Crippen LogP contribution in [0.1, 0.15) is 55.6 Å². The van der Waals surface area contributed by atoms with Crippen molar-refractivity contribution in [1.82, 2.24) is 30.0 Å². The third-order valence-corrected chi connectivity index (χ3v) is 7.16. The van der Waals surface area contributed by atoms with Crippen molar-refractivity contribution in [1.29, 1.82) is 0 Å². The third kappa shape index (κ3) is 4.56. The Morgan fingerprint density at radius 1 is 1.19 bits per heavy atom. The van der Waals surface area contributed by atoms with Crippen LogP contribution in [-0.2, 0) is 25.6 Å². The lowest BCUT2D eigenvalue weighted by atomic mass is 9.79. The second kappa shape index (κ2) is 8.89. The maximum atomic E-state index is 6.85. The molecule has 2 saturated carbocycles. The number of aromatic nitrogens is 5. The zero-order valence-corrected chi connectivity index (χ0v) is 19.2. The molecule has 2 aliphatic carbocycles. The van der Waals surface area contributed by atoms with Crippen molar-refractivity contribution in [2.75, 3.05) is 0 Å². The normalized spacial score (nSPS) is 23.4. The van der Waals surface area contributed by atoms with Crippen LogP contribution in [0.5, 0.6) is 0 Å². The minimum Gasteiger partial charge on any atom is -0.319 e. The molecular formula is C24H30ClN7. The lowest BCUT2D eigenvalue weighted by Crippen LogP contribution is -2.46. The van der Waals surface area contributed by atoms with Crippen LogP contribution in [0.3, 0.4) is 0 Å². The molecule has 3 aromatic rings. The summed E-state index contributed by atoms with van der Waals surface area (Å²) >= 11 is 6.55. The van der Waals surface area contributed by atoms with Crippen LogP contribution in [0.15, 0.2) is 36.9 Å². The first-order chi connectivity index (χ1) is 15.5. The Morgan fingerprint density at radius 2 is 2.00 bits per heavy atom. The SMILES string of the molecule is Cn1ncc(-c2nc(C3(N)CCC(NCc4cccnc4)CC3)ncc2Cl)c1CC1CC1. The highest BCUT2D eigenvalue weighted by atomic mass is 35.5. The van der Waals surface area contributed by atoms with Crippen molar-refractivity contribution in [3.63, 3.8) is 0 Å². The molecule has 5 rings (SSSR count). The average Bonchev–Trinajstić information content (AvgIpc) is 3.56. The van der Waals surface area contributed by atoms with Gasteiger partial charge in [0.15, 0.2) is 0 Å². The predicted octanol–water partition coefficient (Wildman–Crippen LogP) is 3.76. The highest BCUT2D eigenvalue weighted by Gasteiger charge is 2.36. The monoisotopic (exact) mass is 451 g/mol. The van der Waals surface area contributed by atoms with Gasteiger partial charge in [-0.3, -0.25) is 9.67 Å². The van der Waals surface area contributed by atoms with E-state index in [2.05, 4.69) is 26.4 Å². The van der Waals surface area contributed by atoms with E-state index in [9.17, 15) is 0 Å². The first kappa shape index (κ1) is 21.5. The van der Waals surface area contributed by atoms with Crippen molar-refractivity contribution < 1.29 is 0 Å². The summed E-state index contributed by atoms with van der Waals surface area (Å²) in [5.74, 6) is 1.43. The van der Waals surface area contributed by atoms with Crippen LogP contribution >= 0.6 is 11.6 Å². The number of nitrogens with two attached hydrogens (primary N) is 1. The molecule has 0 saturated heterocycles. The minimum atomic E-state index is -0.537. The Morgan fingerprint density at radius 3 is 2.72 bits per heavy atom. The van der Waals surface area contributed by atoms with E-state index in [1.807, 2.05) is 30.2 Å². The van der Waals surface area contributed by atoms with E-state index in [1.165, 1.54) is 24.1 Å². The zero-order chi connectivity index (χ0) is 22.1. The maximum absolute atomic E-state index is 6.85. The van der Waals surface area contributed by atoms with Crippen LogP contribution in [0.25, 0.3) is 11.3 Å². The first-order valence-electron chi connectivity index (χ1n) is 11.5. The van der Waals surface area contributed by atoms with E-state index in [4.69, 9.17) is 22.3 Å². The lowest BCUT2D eigenvalue weighted by molar-refractivity contribution is 0.240. The fraction of sp³-hybridized carbons (Fsp3) is 0.500. The summed E-state index contributed by atoms with van der Waals surface area (Å²) < 4.78 is 1.95. The summed E-state index contributed by atoms with van der Waals surface area (Å²) in [6, 6.07) is 4.49. The Balaban J connectivity index is 1.30. The molecule has 8 heteroatoms. The molecule has 3 aromatic heterocycles. The number of pyridine rings is 1. The number of halogens is 1. The molecule has 7 nitrogen and oxygen atoms in total. The van der Waals surface area contributed by atoms with Crippen LogP contribution in [0.4, 0.5) is 0 Å². The van der Waals surface area contributed by atoms with Gasteiger partial charge in [-0.15, -0.1) is 0 Å². The number of hydrogen-bond donors (Lipinski definition) is 2. The number of aryl methyl sites for hydroxylation is 1. The molecule has 0 aliphatic heterocycles. The topological polar surface area (TPSA) is 94.5 Å². The van der Waals surface area contributed by atoms with Gasteiger partial charge < -0.3 is 11.1 Å². The lowest BCUT2D eigenvalue weighted by Gasteiger charge is -2.36. The second-order valence-electron chi connectivity index (χ2n) is 9.34. The second-order valence-corrected chi connectivity index (χ2v) is 9.75. The van der Waals surface area contributed by atoms with Gasteiger partial charge in [-0.1, -0.05) is 17.7 Å². The number of hydrogen-bond acceptors (Lipinski definition) is 6. The molecule has 168 valence electrons. The van der Waals surface area contributed by atoms with Crippen LogP contribution in [0, 0.1) is 5.92 Å². The summed E-state index contributed by atoms with van der Waals surface area (Å²) in [4.78, 5) is 13.7. The Kier molecular flexibility index (Phi) is 5.97. The van der Waals surface area contributed by atoms with E-state index >= 15 is 0 Å². The van der Waals surface area contributed by atoms with E-state index in [0.29, 0.717) is 16.9 Å². The molecular weight excluding hydrogens is 422 g/mol. The number of nitrogens with one attached hydrogen (secondary N) is 1. The zero-order valence-electron chi connectivity index (χ0n) is 18.5. The highest BCUT2D eigenvalue weighted by molar-refractivity contribution is 6.32. The fourth-order valence-corrected chi connectivity index (χ4v) is 4.81. The van der Waals surface area contributed by atoms with E-state index in [1.54, 1.807) is 12.4 Å². The molecule has 0 aromatic carbocycles. The highest BCUT2D eigenvalue weighted by Crippen LogP contribution is 2.38. The molecule has 32 heavy (non-hydrogen) atoms. The van der Waals surface area contributed by atoms with Crippen molar-refractivity contribution in [2.45, 2.75) is 63.1 Å². The molecule has 0 radical (unpaired) electrons. The smallest absolute Gasteiger partial charge is 0.148 e. The van der Waals surface area contributed by atoms with Gasteiger partial charge in [0.2, 0.25) is 0 Å². The number of rotatable bonds is 7. The first-order valence-corrected chi connectivity index (χ1v) is 11.8. The predicted molar refractivity (Wildman–Crippen MR) is 125 cm³/mol. The molecule has 3 N–H and O–H groups in total. The Labute approximate surface area is 193 Å². The summed E-state index contributed by atoms with van der Waals surface area (Å²) in [5, 5.41) is 8.67. The van der Waals surface area contributed by atoms with Gasteiger partial charge in [0.1, 0.15) is 5.82 Å². The summed E-state index contributed by atoms with van der Waals surface area (Å²) in [7, 11) is 1.99. The third-order valence-electron chi connectivity index (χ3n) is 6.88. The van der Waals surface area contributed by atoms with E-state index in [-0.39, 0.29) is 0 Å². The quantitative estimate of drug-likeness (QED) is 0.567. The van der Waals surface area contributed by atoms with Gasteiger partial charge in [-0.2, -0.15) is 5.10 Å². The maximum Gasteiger partial charge on any atom is 0.148 e. The molecule has 0 bridgehead atoms. The summed E-state index contributed by atoms with van der Waals surface area (Å²) in [6.07, 6.45) is 14.5. The van der Waals surface area contributed by atoms with Crippen LogP contribution < -0.4 is 11.1 Å². The average molecular weight is 452 g/mol. The Bertz CT molecular complexity index is 1070. The molecule has 0 atom stereocenters. The van der Waals surface area contributed by atoms with E-state index in [0.717, 1.165) is 55.8 Å². The fourth-order valence-electron chi connectivity index (χ4n) is 4.62. The van der Waals surface area contributed by atoms with Crippen LogP contribution in [0.2, 0.25) is 5.02 Å². The molecule has 0 amide bonds. The van der Waals surface area contributed by atoms with Gasteiger partial charge in [-0.25, -0.2) is 9.97 Å². The largest absolute Gasteiger partial charge is 0.319 e. The van der Waals surface area contributed by atoms with Gasteiger partial charge in [0.25, 0.3) is 0 Å². The Hall–Kier alpha value is -2.35. The minimum absolute atomic E-state index is 0.433. The number of nitrogens with zero attached hydrogens (tertiary/aromatic N) is 5. The van der Waals surface area contributed by atoms with Crippen LogP contribution in [-0.4, -0.2) is 30.8 Å². The van der Waals surface area contributed by atoms with Gasteiger partial charge >= 0.3 is 0 Å². The molecule has 3 heterocycles. The van der Waals surface area contributed by atoms with Gasteiger partial charge in [0.05, 0.1) is 22.5 Å². The van der Waals surface area contributed by atoms with Crippen molar-refractivity contribution >= 4 is 11.6 Å². The molecule has 0 unspecified atom stereocenters. The summed E-state index contributed by atoms with van der Waals surface area (Å²) in [6.45, 7) is 0.822. The molecule has 2 aliphatic rings. The van der Waals surface area contributed by atoms with Gasteiger partial charge in [0, 0.05) is 49.5 Å². The van der Waals surface area contributed by atoms with Crippen molar-refractivity contribution in [3.8, 4) is 11.3 Å². The van der Waals surface area contributed by atoms with Crippen molar-refractivity contribution in [3.05, 3.63) is 59.0 Å². The molecule has 0 spiro atoms.